The molecule has 0 bridgehead atoms. The normalized spacial score (nSPS) is 11.5. The predicted molar refractivity (Wildman–Crippen MR) is 99.4 cm³/mol. The first kappa shape index (κ1) is 20.1. The van der Waals surface area contributed by atoms with Crippen LogP contribution in [0.4, 0.5) is 16.3 Å². The molecule has 2 amide bonds. The fourth-order valence-electron chi connectivity index (χ4n) is 2.42. The van der Waals surface area contributed by atoms with Crippen LogP contribution in [0.1, 0.15) is 23.0 Å². The van der Waals surface area contributed by atoms with Crippen LogP contribution in [-0.4, -0.2) is 47.8 Å². The number of aliphatic hydroxyl groups excluding tert-OH is 1. The zero-order valence-electron chi connectivity index (χ0n) is 15.0. The van der Waals surface area contributed by atoms with Crippen molar-refractivity contribution in [1.82, 2.24) is 15.3 Å². The molecule has 2 aromatic rings. The topological polar surface area (TPSA) is 155 Å². The van der Waals surface area contributed by atoms with Gasteiger partial charge in [0.1, 0.15) is 5.82 Å². The Morgan fingerprint density at radius 2 is 2.19 bits per heavy atom. The molecule has 0 spiro atoms. The average molecular weight is 374 g/mol. The fraction of sp³-hybridized carbons (Fsp3) is 0.294. The molecule has 0 aliphatic heterocycles. The first-order chi connectivity index (χ1) is 13.0. The molecule has 0 aromatic carbocycles. The van der Waals surface area contributed by atoms with Crippen LogP contribution in [0.2, 0.25) is 0 Å². The van der Waals surface area contributed by atoms with E-state index in [9.17, 15) is 9.90 Å². The summed E-state index contributed by atoms with van der Waals surface area (Å²) in [7, 11) is 2.84. The number of rotatable bonds is 7. The molecule has 0 radical (unpaired) electrons. The number of nitrogen functional groups attached to an aromatic ring is 1. The highest BCUT2D eigenvalue weighted by Gasteiger charge is 2.19. The van der Waals surface area contributed by atoms with Gasteiger partial charge in [0.15, 0.2) is 0 Å². The third-order valence-electron chi connectivity index (χ3n) is 3.63. The van der Waals surface area contributed by atoms with Crippen molar-refractivity contribution in [1.29, 1.82) is 5.41 Å². The molecule has 0 aliphatic carbocycles. The minimum absolute atomic E-state index is 0.121. The van der Waals surface area contributed by atoms with Gasteiger partial charge in [0, 0.05) is 25.1 Å². The van der Waals surface area contributed by atoms with Crippen molar-refractivity contribution < 1.29 is 19.4 Å². The quantitative estimate of drug-likeness (QED) is 0.358. The molecule has 27 heavy (non-hydrogen) atoms. The number of carbonyl (C=O) groups excluding carboxylic acids is 1. The Morgan fingerprint density at radius 1 is 1.41 bits per heavy atom. The Hall–Kier alpha value is -3.24. The Balaban J connectivity index is 2.17. The van der Waals surface area contributed by atoms with E-state index in [1.807, 2.05) is 6.07 Å². The summed E-state index contributed by atoms with van der Waals surface area (Å²) in [5.41, 5.74) is 7.00. The van der Waals surface area contributed by atoms with Crippen LogP contribution in [0.3, 0.4) is 0 Å². The van der Waals surface area contributed by atoms with Crippen LogP contribution in [-0.2, 0) is 16.1 Å². The summed E-state index contributed by atoms with van der Waals surface area (Å²) in [6, 6.07) is 5.72. The zero-order chi connectivity index (χ0) is 19.8. The molecule has 0 fully saturated rings. The zero-order valence-corrected chi connectivity index (χ0v) is 15.0. The van der Waals surface area contributed by atoms with E-state index in [1.54, 1.807) is 18.3 Å². The van der Waals surface area contributed by atoms with Gasteiger partial charge >= 0.3 is 6.03 Å². The van der Waals surface area contributed by atoms with Crippen LogP contribution in [0.5, 0.6) is 0 Å². The second-order valence-electron chi connectivity index (χ2n) is 5.47. The summed E-state index contributed by atoms with van der Waals surface area (Å²) < 4.78 is 9.97. The van der Waals surface area contributed by atoms with Crippen molar-refractivity contribution in [2.75, 3.05) is 31.9 Å². The molecule has 10 heteroatoms. The lowest BCUT2D eigenvalue weighted by atomic mass is 10.1. The number of aromatic nitrogens is 2. The number of hydrogen-bond donors (Lipinski definition) is 5. The first-order valence-electron chi connectivity index (χ1n) is 8.00. The van der Waals surface area contributed by atoms with Crippen molar-refractivity contribution in [2.24, 2.45) is 0 Å². The number of pyridine rings is 2. The summed E-state index contributed by atoms with van der Waals surface area (Å²) >= 11 is 0. The number of aliphatic hydroxyl groups is 1. The largest absolute Gasteiger partial charge is 0.481 e. The second-order valence-corrected chi connectivity index (χ2v) is 5.47. The molecule has 0 saturated carbocycles. The number of urea groups is 1. The van der Waals surface area contributed by atoms with Crippen molar-refractivity contribution in [3.63, 3.8) is 0 Å². The number of methoxy groups -OCH3 is 2. The molecule has 1 unspecified atom stereocenters. The number of hydrogen-bond acceptors (Lipinski definition) is 8. The minimum atomic E-state index is -0.548. The Labute approximate surface area is 156 Å². The van der Waals surface area contributed by atoms with E-state index in [-0.39, 0.29) is 35.3 Å². The molecule has 2 rings (SSSR count). The summed E-state index contributed by atoms with van der Waals surface area (Å²) in [6.07, 6.45) is 1.62. The maximum Gasteiger partial charge on any atom is 0.321 e. The number of ether oxygens (including phenoxy) is 2. The van der Waals surface area contributed by atoms with Gasteiger partial charge in [-0.15, -0.1) is 0 Å². The van der Waals surface area contributed by atoms with Crippen molar-refractivity contribution in [2.45, 2.75) is 12.6 Å². The highest BCUT2D eigenvalue weighted by atomic mass is 16.5. The van der Waals surface area contributed by atoms with Gasteiger partial charge in [0.25, 0.3) is 0 Å². The van der Waals surface area contributed by atoms with Gasteiger partial charge in [-0.3, -0.25) is 15.7 Å². The molecule has 2 heterocycles. The highest BCUT2D eigenvalue weighted by molar-refractivity contribution is 5.99. The summed E-state index contributed by atoms with van der Waals surface area (Å²) in [6.45, 7) is -0.242. The number of anilines is 2. The van der Waals surface area contributed by atoms with Gasteiger partial charge in [0.2, 0.25) is 5.90 Å². The van der Waals surface area contributed by atoms with E-state index in [1.165, 1.54) is 20.3 Å². The maximum absolute atomic E-state index is 12.3. The molecule has 6 N–H and O–H groups in total. The summed E-state index contributed by atoms with van der Waals surface area (Å²) in [5, 5.41) is 22.5. The average Bonchev–Trinajstić information content (AvgIpc) is 2.67. The highest BCUT2D eigenvalue weighted by Crippen LogP contribution is 2.21. The molecular weight excluding hydrogens is 352 g/mol. The third-order valence-corrected chi connectivity index (χ3v) is 3.63. The van der Waals surface area contributed by atoms with E-state index >= 15 is 0 Å². The van der Waals surface area contributed by atoms with Crippen molar-refractivity contribution >= 4 is 23.4 Å². The van der Waals surface area contributed by atoms with Crippen LogP contribution in [0.15, 0.2) is 30.5 Å². The maximum atomic E-state index is 12.3. The van der Waals surface area contributed by atoms with Crippen LogP contribution < -0.4 is 16.4 Å². The Kier molecular flexibility index (Phi) is 7.03. The third kappa shape index (κ3) is 5.12. The number of amides is 2. The Morgan fingerprint density at radius 3 is 2.78 bits per heavy atom. The van der Waals surface area contributed by atoms with Crippen LogP contribution in [0.25, 0.3) is 0 Å². The van der Waals surface area contributed by atoms with E-state index < -0.39 is 18.7 Å². The lowest BCUT2D eigenvalue weighted by Crippen LogP contribution is -2.35. The van der Waals surface area contributed by atoms with Crippen molar-refractivity contribution in [3.05, 3.63) is 47.4 Å². The summed E-state index contributed by atoms with van der Waals surface area (Å²) in [5.74, 6) is -0.103. The van der Waals surface area contributed by atoms with Gasteiger partial charge in [-0.1, -0.05) is 6.07 Å². The smallest absolute Gasteiger partial charge is 0.321 e. The molecule has 0 aliphatic rings. The van der Waals surface area contributed by atoms with E-state index in [0.29, 0.717) is 5.69 Å². The lowest BCUT2D eigenvalue weighted by Gasteiger charge is -2.18. The molecule has 0 saturated heterocycles. The monoisotopic (exact) mass is 374 g/mol. The van der Waals surface area contributed by atoms with Gasteiger partial charge in [0.05, 0.1) is 43.3 Å². The Bertz CT molecular complexity index is 800. The van der Waals surface area contributed by atoms with Gasteiger partial charge in [-0.25, -0.2) is 9.78 Å². The fourth-order valence-corrected chi connectivity index (χ4v) is 2.42. The number of nitrogens with one attached hydrogen (secondary N) is 3. The summed E-state index contributed by atoms with van der Waals surface area (Å²) in [4.78, 5) is 20.7. The predicted octanol–water partition coefficient (Wildman–Crippen LogP) is 1.03. The second kappa shape index (κ2) is 9.46. The standard InChI is InChI=1S/C17H22N6O4/c1-26-9-13(11-5-3-4-6-20-11)22-17(25)23-14-7-10(18)15(16(19)27-2)12(8-24)21-14/h3-7,13,19,24H,8-9H2,1-2H3,(H4,18,21,22,23,25). The minimum Gasteiger partial charge on any atom is -0.481 e. The molecule has 144 valence electrons. The number of carbonyl (C=O) groups is 1. The first-order valence-corrected chi connectivity index (χ1v) is 8.00. The van der Waals surface area contributed by atoms with Gasteiger partial charge in [-0.2, -0.15) is 0 Å². The van der Waals surface area contributed by atoms with Crippen molar-refractivity contribution in [3.8, 4) is 0 Å². The van der Waals surface area contributed by atoms with E-state index in [4.69, 9.17) is 20.6 Å². The van der Waals surface area contributed by atoms with E-state index in [2.05, 4.69) is 20.6 Å². The van der Waals surface area contributed by atoms with Crippen LogP contribution in [0, 0.1) is 5.41 Å². The number of nitrogens with two attached hydrogens (primary N) is 1. The molecule has 10 nitrogen and oxygen atoms in total. The van der Waals surface area contributed by atoms with E-state index in [0.717, 1.165) is 0 Å². The molecule has 1 atom stereocenters. The lowest BCUT2D eigenvalue weighted by molar-refractivity contribution is 0.166. The number of nitrogens with zero attached hydrogens (tertiary/aromatic N) is 2. The van der Waals surface area contributed by atoms with Gasteiger partial charge in [-0.05, 0) is 12.1 Å². The molecular formula is C17H22N6O4. The van der Waals surface area contributed by atoms with Gasteiger partial charge < -0.3 is 25.6 Å². The van der Waals surface area contributed by atoms with Crippen LogP contribution >= 0.6 is 0 Å². The molecule has 2 aromatic heterocycles. The SMILES string of the molecule is COCC(NC(=O)Nc1cc(N)c(C(=N)OC)c(CO)n1)c1ccccn1.